The summed E-state index contributed by atoms with van der Waals surface area (Å²) >= 11 is 0. The van der Waals surface area contributed by atoms with Gasteiger partial charge in [-0.3, -0.25) is 4.79 Å². The van der Waals surface area contributed by atoms with Crippen molar-refractivity contribution in [2.45, 2.75) is 38.0 Å². The molecule has 74 valence electrons. The largest absolute Gasteiger partial charge is 0.354 e. The first kappa shape index (κ1) is 8.87. The summed E-state index contributed by atoms with van der Waals surface area (Å²) in [6.07, 6.45) is -0.407. The molecule has 0 radical (unpaired) electrons. The Bertz CT molecular complexity index is 265. The molecule has 0 unspecified atom stereocenters. The van der Waals surface area contributed by atoms with Crippen LogP contribution in [-0.4, -0.2) is 35.1 Å². The fraction of sp³-hybridized carbons (Fsp3) is 0.875. The van der Waals surface area contributed by atoms with Gasteiger partial charge in [0.2, 0.25) is 0 Å². The molecule has 0 aliphatic carbocycles. The molecule has 2 aliphatic heterocycles. The van der Waals surface area contributed by atoms with Gasteiger partial charge in [-0.1, -0.05) is 0 Å². The molecule has 0 aromatic rings. The first-order valence-corrected chi connectivity index (χ1v) is 4.20. The Morgan fingerprint density at radius 2 is 2.15 bits per heavy atom. The lowest BCUT2D eigenvalue weighted by molar-refractivity contribution is -0.161. The first-order chi connectivity index (χ1) is 5.84. The molecule has 0 N–H and O–H groups in total. The molecule has 2 aliphatic rings. The molecule has 0 aromatic heterocycles. The predicted octanol–water partition coefficient (Wildman–Crippen LogP) is 0.989. The van der Waals surface area contributed by atoms with Crippen LogP contribution in [0.2, 0.25) is 0 Å². The summed E-state index contributed by atoms with van der Waals surface area (Å²) in [7, 11) is 0. The van der Waals surface area contributed by atoms with Gasteiger partial charge in [0.25, 0.3) is 5.91 Å². The number of carbonyl (C=O) groups is 1. The number of carbonyl (C=O) groups excluding carboxylic acids is 1. The van der Waals surface area contributed by atoms with E-state index >= 15 is 0 Å². The summed E-state index contributed by atoms with van der Waals surface area (Å²) in [6, 6.07) is -0.447. The zero-order chi connectivity index (χ0) is 9.85. The van der Waals surface area contributed by atoms with Crippen LogP contribution >= 0.6 is 0 Å². The number of hydrogen-bond acceptors (Lipinski definition) is 2. The minimum Gasteiger partial charge on any atom is -0.354 e. The fourth-order valence-corrected chi connectivity index (χ4v) is 2.00. The van der Waals surface area contributed by atoms with E-state index in [-0.39, 0.29) is 6.61 Å². The summed E-state index contributed by atoms with van der Waals surface area (Å²) in [4.78, 5) is 12.4. The van der Waals surface area contributed by atoms with Gasteiger partial charge in [-0.2, -0.15) is 8.78 Å². The molecule has 2 saturated heterocycles. The number of ether oxygens (including phenoxy) is 1. The number of alkyl halides is 2. The van der Waals surface area contributed by atoms with Gasteiger partial charge in [-0.15, -0.1) is 0 Å². The minimum atomic E-state index is -3.19. The second-order valence-electron chi connectivity index (χ2n) is 4.00. The van der Waals surface area contributed by atoms with Crippen LogP contribution in [-0.2, 0) is 9.53 Å². The SMILES string of the molecule is CC1(C)OC[C@@H]2CC(F)(F)C(=O)N21. The third-order valence-corrected chi connectivity index (χ3v) is 2.60. The van der Waals surface area contributed by atoms with Gasteiger partial charge in [-0.05, 0) is 13.8 Å². The van der Waals surface area contributed by atoms with E-state index in [0.29, 0.717) is 0 Å². The number of halogens is 2. The van der Waals surface area contributed by atoms with Gasteiger partial charge < -0.3 is 9.64 Å². The Morgan fingerprint density at radius 1 is 1.54 bits per heavy atom. The van der Waals surface area contributed by atoms with E-state index in [9.17, 15) is 13.6 Å². The summed E-state index contributed by atoms with van der Waals surface area (Å²) < 4.78 is 31.2. The lowest BCUT2D eigenvalue weighted by Gasteiger charge is -2.29. The van der Waals surface area contributed by atoms with Crippen molar-refractivity contribution in [1.82, 2.24) is 4.90 Å². The molecule has 0 bridgehead atoms. The Hall–Kier alpha value is -0.710. The lowest BCUT2D eigenvalue weighted by atomic mass is 10.2. The topological polar surface area (TPSA) is 29.5 Å². The second kappa shape index (κ2) is 2.20. The van der Waals surface area contributed by atoms with Crippen molar-refractivity contribution in [3.05, 3.63) is 0 Å². The summed E-state index contributed by atoms with van der Waals surface area (Å²) in [5.41, 5.74) is -0.873. The zero-order valence-electron chi connectivity index (χ0n) is 7.51. The maximum atomic E-state index is 13.0. The quantitative estimate of drug-likeness (QED) is 0.571. The van der Waals surface area contributed by atoms with Crippen molar-refractivity contribution >= 4 is 5.91 Å². The fourth-order valence-electron chi connectivity index (χ4n) is 2.00. The van der Waals surface area contributed by atoms with Crippen molar-refractivity contribution in [3.63, 3.8) is 0 Å². The van der Waals surface area contributed by atoms with E-state index < -0.39 is 30.0 Å². The third-order valence-electron chi connectivity index (χ3n) is 2.60. The van der Waals surface area contributed by atoms with Crippen LogP contribution in [0.5, 0.6) is 0 Å². The van der Waals surface area contributed by atoms with Crippen molar-refractivity contribution in [1.29, 1.82) is 0 Å². The molecule has 2 fully saturated rings. The highest BCUT2D eigenvalue weighted by molar-refractivity contribution is 5.87. The highest BCUT2D eigenvalue weighted by Gasteiger charge is 2.60. The highest BCUT2D eigenvalue weighted by Crippen LogP contribution is 2.42. The van der Waals surface area contributed by atoms with Crippen LogP contribution in [0.15, 0.2) is 0 Å². The van der Waals surface area contributed by atoms with Gasteiger partial charge in [-0.25, -0.2) is 0 Å². The third kappa shape index (κ3) is 1.06. The van der Waals surface area contributed by atoms with Gasteiger partial charge in [0.05, 0.1) is 12.6 Å². The molecule has 1 amide bonds. The molecule has 5 heteroatoms. The summed E-state index contributed by atoms with van der Waals surface area (Å²) in [5.74, 6) is -4.29. The number of rotatable bonds is 0. The van der Waals surface area contributed by atoms with Crippen molar-refractivity contribution in [2.75, 3.05) is 6.61 Å². The molecule has 2 heterocycles. The molecular weight excluding hydrogens is 180 g/mol. The van der Waals surface area contributed by atoms with E-state index in [0.717, 1.165) is 4.90 Å². The number of nitrogens with zero attached hydrogens (tertiary/aromatic N) is 1. The standard InChI is InChI=1S/C8H11F2NO2/c1-7(2)11-5(4-13-7)3-8(9,10)6(11)12/h5H,3-4H2,1-2H3/t5-/m0/s1. The average Bonchev–Trinajstić information content (AvgIpc) is 2.35. The molecule has 3 nitrogen and oxygen atoms in total. The molecule has 13 heavy (non-hydrogen) atoms. The average molecular weight is 191 g/mol. The Kier molecular flexibility index (Phi) is 1.50. The van der Waals surface area contributed by atoms with E-state index in [1.165, 1.54) is 0 Å². The van der Waals surface area contributed by atoms with Crippen LogP contribution in [0.4, 0.5) is 8.78 Å². The van der Waals surface area contributed by atoms with E-state index in [1.807, 2.05) is 0 Å². The second-order valence-corrected chi connectivity index (χ2v) is 4.00. The van der Waals surface area contributed by atoms with Crippen LogP contribution in [0.3, 0.4) is 0 Å². The summed E-state index contributed by atoms with van der Waals surface area (Å²) in [6.45, 7) is 3.48. The van der Waals surface area contributed by atoms with E-state index in [2.05, 4.69) is 0 Å². The Labute approximate surface area is 74.6 Å². The molecule has 2 rings (SSSR count). The zero-order valence-corrected chi connectivity index (χ0v) is 7.51. The molecule has 0 aromatic carbocycles. The molecular formula is C8H11F2NO2. The first-order valence-electron chi connectivity index (χ1n) is 4.20. The monoisotopic (exact) mass is 191 g/mol. The van der Waals surface area contributed by atoms with Crippen LogP contribution in [0, 0.1) is 0 Å². The summed E-state index contributed by atoms with van der Waals surface area (Å²) in [5, 5.41) is 0. The maximum absolute atomic E-state index is 13.0. The number of fused-ring (bicyclic) bond motifs is 1. The number of hydrogen-bond donors (Lipinski definition) is 0. The molecule has 0 spiro atoms. The molecule has 1 atom stereocenters. The van der Waals surface area contributed by atoms with Crippen molar-refractivity contribution < 1.29 is 18.3 Å². The van der Waals surface area contributed by atoms with Crippen LogP contribution in [0.1, 0.15) is 20.3 Å². The minimum absolute atomic E-state index is 0.217. The van der Waals surface area contributed by atoms with Gasteiger partial charge in [0.15, 0.2) is 0 Å². The van der Waals surface area contributed by atoms with E-state index in [4.69, 9.17) is 4.74 Å². The normalized spacial score (nSPS) is 35.2. The maximum Gasteiger partial charge on any atom is 0.326 e. The van der Waals surface area contributed by atoms with Crippen molar-refractivity contribution in [3.8, 4) is 0 Å². The lowest BCUT2D eigenvalue weighted by Crippen LogP contribution is -2.46. The van der Waals surface area contributed by atoms with Gasteiger partial charge in [0.1, 0.15) is 5.72 Å². The Morgan fingerprint density at radius 3 is 2.69 bits per heavy atom. The predicted molar refractivity (Wildman–Crippen MR) is 40.2 cm³/mol. The van der Waals surface area contributed by atoms with Crippen molar-refractivity contribution in [2.24, 2.45) is 0 Å². The van der Waals surface area contributed by atoms with Crippen LogP contribution < -0.4 is 0 Å². The van der Waals surface area contributed by atoms with Gasteiger partial charge in [0, 0.05) is 6.42 Å². The highest BCUT2D eigenvalue weighted by atomic mass is 19.3. The van der Waals surface area contributed by atoms with Crippen LogP contribution in [0.25, 0.3) is 0 Å². The van der Waals surface area contributed by atoms with E-state index in [1.54, 1.807) is 13.8 Å². The Balaban J connectivity index is 2.32. The molecule has 0 saturated carbocycles. The number of amides is 1. The van der Waals surface area contributed by atoms with Gasteiger partial charge >= 0.3 is 5.92 Å². The smallest absolute Gasteiger partial charge is 0.326 e.